The molecule has 1 atom stereocenters. The van der Waals surface area contributed by atoms with Gasteiger partial charge in [0, 0.05) is 6.21 Å². The number of aliphatic imine (C=N–C) groups is 1. The molecule has 0 fully saturated rings. The van der Waals surface area contributed by atoms with Crippen LogP contribution in [0.25, 0.3) is 0 Å². The zero-order valence-corrected chi connectivity index (χ0v) is 10.8. The molecule has 17 heavy (non-hydrogen) atoms. The lowest BCUT2D eigenvalue weighted by atomic mass is 10.4. The Labute approximate surface area is 109 Å². The summed E-state index contributed by atoms with van der Waals surface area (Å²) in [5.74, 6) is 0. The van der Waals surface area contributed by atoms with Gasteiger partial charge in [-0.15, -0.1) is 0 Å². The van der Waals surface area contributed by atoms with E-state index in [-0.39, 0.29) is 10.1 Å². The van der Waals surface area contributed by atoms with Gasteiger partial charge >= 0.3 is 0 Å². The molecule has 0 saturated heterocycles. The minimum atomic E-state index is -3.69. The smallest absolute Gasteiger partial charge is 0.247 e. The van der Waals surface area contributed by atoms with E-state index in [2.05, 4.69) is 4.99 Å². The van der Waals surface area contributed by atoms with Gasteiger partial charge in [0.05, 0.1) is 11.1 Å². The summed E-state index contributed by atoms with van der Waals surface area (Å²) in [5.41, 5.74) is -0.872. The summed E-state index contributed by atoms with van der Waals surface area (Å²) < 4.78 is 25.4. The highest BCUT2D eigenvalue weighted by molar-refractivity contribution is 7.89. The summed E-state index contributed by atoms with van der Waals surface area (Å²) in [5, 5.41) is 0.0707. The van der Waals surface area contributed by atoms with Crippen molar-refractivity contribution in [2.45, 2.75) is 10.4 Å². The summed E-state index contributed by atoms with van der Waals surface area (Å²) in [4.78, 5) is 3.89. The van der Waals surface area contributed by atoms with Crippen LogP contribution < -0.4 is 0 Å². The molecule has 0 saturated carbocycles. The number of hydrogen-bond donors (Lipinski definition) is 0. The summed E-state index contributed by atoms with van der Waals surface area (Å²) in [6.07, 6.45) is 2.46. The highest BCUT2D eigenvalue weighted by Crippen LogP contribution is 2.24. The van der Waals surface area contributed by atoms with E-state index in [9.17, 15) is 8.42 Å². The minimum absolute atomic E-state index is 0.0707. The first-order chi connectivity index (χ1) is 8.01. The van der Waals surface area contributed by atoms with Crippen molar-refractivity contribution in [1.29, 1.82) is 0 Å². The standard InChI is InChI=1S/C10H8Cl2N2O2S/c11-9-7-14(10(12)6-13-9)17(15,16)8-4-2-1-3-5-8/h1-7,10H. The molecule has 0 amide bonds. The predicted molar refractivity (Wildman–Crippen MR) is 67.5 cm³/mol. The monoisotopic (exact) mass is 290 g/mol. The van der Waals surface area contributed by atoms with Gasteiger partial charge in [-0.1, -0.05) is 41.4 Å². The normalized spacial score (nSPS) is 20.2. The highest BCUT2D eigenvalue weighted by Gasteiger charge is 2.28. The number of halogens is 2. The number of sulfonamides is 1. The lowest BCUT2D eigenvalue weighted by molar-refractivity contribution is 0.512. The fourth-order valence-corrected chi connectivity index (χ4v) is 3.27. The molecule has 0 N–H and O–H groups in total. The second-order valence-electron chi connectivity index (χ2n) is 3.25. The van der Waals surface area contributed by atoms with Gasteiger partial charge in [0.25, 0.3) is 10.0 Å². The van der Waals surface area contributed by atoms with Gasteiger partial charge in [-0.25, -0.2) is 17.7 Å². The van der Waals surface area contributed by atoms with E-state index in [0.717, 1.165) is 4.31 Å². The summed E-state index contributed by atoms with van der Waals surface area (Å²) in [7, 11) is -3.69. The van der Waals surface area contributed by atoms with E-state index in [4.69, 9.17) is 23.2 Å². The Morgan fingerprint density at radius 3 is 2.53 bits per heavy atom. The fourth-order valence-electron chi connectivity index (χ4n) is 1.32. The molecule has 1 aromatic carbocycles. The first-order valence-corrected chi connectivity index (χ1v) is 6.91. The van der Waals surface area contributed by atoms with Crippen LogP contribution in [-0.2, 0) is 10.0 Å². The molecule has 4 nitrogen and oxygen atoms in total. The maximum atomic E-state index is 12.2. The van der Waals surface area contributed by atoms with Gasteiger partial charge in [-0.2, -0.15) is 0 Å². The third-order valence-corrected chi connectivity index (χ3v) is 4.51. The van der Waals surface area contributed by atoms with E-state index < -0.39 is 15.5 Å². The number of alkyl halides is 1. The Kier molecular flexibility index (Phi) is 3.42. The van der Waals surface area contributed by atoms with Crippen LogP contribution in [0.3, 0.4) is 0 Å². The van der Waals surface area contributed by atoms with E-state index in [0.29, 0.717) is 0 Å². The summed E-state index contributed by atoms with van der Waals surface area (Å²) >= 11 is 11.5. The Hall–Kier alpha value is -1.04. The molecule has 0 radical (unpaired) electrons. The number of hydrogen-bond acceptors (Lipinski definition) is 3. The largest absolute Gasteiger partial charge is 0.265 e. The lowest BCUT2D eigenvalue weighted by Crippen LogP contribution is -2.35. The van der Waals surface area contributed by atoms with Gasteiger partial charge < -0.3 is 0 Å². The average Bonchev–Trinajstić information content (AvgIpc) is 2.33. The van der Waals surface area contributed by atoms with E-state index in [1.807, 2.05) is 0 Å². The van der Waals surface area contributed by atoms with Crippen LogP contribution in [0.15, 0.2) is 51.6 Å². The highest BCUT2D eigenvalue weighted by atomic mass is 35.5. The Morgan fingerprint density at radius 2 is 1.88 bits per heavy atom. The third-order valence-electron chi connectivity index (χ3n) is 2.12. The molecule has 1 aliphatic heterocycles. The van der Waals surface area contributed by atoms with Crippen molar-refractivity contribution in [3.63, 3.8) is 0 Å². The van der Waals surface area contributed by atoms with E-state index in [1.165, 1.54) is 24.5 Å². The van der Waals surface area contributed by atoms with Gasteiger partial charge in [-0.05, 0) is 12.1 Å². The molecule has 90 valence electrons. The van der Waals surface area contributed by atoms with Crippen molar-refractivity contribution in [1.82, 2.24) is 4.31 Å². The molecule has 0 spiro atoms. The number of nitrogens with zero attached hydrogens (tertiary/aromatic N) is 2. The second-order valence-corrected chi connectivity index (χ2v) is 5.93. The van der Waals surface area contributed by atoms with Gasteiger partial charge in [0.1, 0.15) is 5.16 Å². The first-order valence-electron chi connectivity index (χ1n) is 4.66. The molecular formula is C10H8Cl2N2O2S. The first kappa shape index (κ1) is 12.4. The van der Waals surface area contributed by atoms with E-state index >= 15 is 0 Å². The molecule has 1 aromatic rings. The van der Waals surface area contributed by atoms with Crippen molar-refractivity contribution < 1.29 is 8.42 Å². The molecule has 1 aliphatic rings. The van der Waals surface area contributed by atoms with Crippen molar-refractivity contribution in [3.8, 4) is 0 Å². The van der Waals surface area contributed by atoms with Crippen LogP contribution in [0.2, 0.25) is 0 Å². The zero-order chi connectivity index (χ0) is 12.5. The van der Waals surface area contributed by atoms with Gasteiger partial charge in [-0.3, -0.25) is 0 Å². The van der Waals surface area contributed by atoms with E-state index in [1.54, 1.807) is 18.2 Å². The van der Waals surface area contributed by atoms with Crippen LogP contribution in [0.4, 0.5) is 0 Å². The molecule has 0 bridgehead atoms. The average molecular weight is 291 g/mol. The Bertz CT molecular complexity index is 569. The third kappa shape index (κ3) is 2.46. The van der Waals surface area contributed by atoms with Gasteiger partial charge in [0.2, 0.25) is 0 Å². The molecule has 1 heterocycles. The Balaban J connectivity index is 2.44. The Morgan fingerprint density at radius 1 is 1.24 bits per heavy atom. The summed E-state index contributed by atoms with van der Waals surface area (Å²) in [6.45, 7) is 0. The van der Waals surface area contributed by atoms with Crippen LogP contribution in [0, 0.1) is 0 Å². The lowest BCUT2D eigenvalue weighted by Gasteiger charge is -2.25. The molecule has 7 heteroatoms. The SMILES string of the molecule is O=S(=O)(c1ccccc1)N1C=C(Cl)N=CC1Cl. The van der Waals surface area contributed by atoms with Crippen molar-refractivity contribution >= 4 is 39.4 Å². The maximum Gasteiger partial charge on any atom is 0.265 e. The van der Waals surface area contributed by atoms with Crippen LogP contribution in [0.5, 0.6) is 0 Å². The second kappa shape index (κ2) is 4.68. The van der Waals surface area contributed by atoms with Crippen LogP contribution >= 0.6 is 23.2 Å². The van der Waals surface area contributed by atoms with Crippen molar-refractivity contribution in [3.05, 3.63) is 41.7 Å². The maximum absolute atomic E-state index is 12.2. The molecule has 2 rings (SSSR count). The van der Waals surface area contributed by atoms with Crippen LogP contribution in [-0.4, -0.2) is 24.4 Å². The number of rotatable bonds is 2. The van der Waals surface area contributed by atoms with Crippen molar-refractivity contribution in [2.24, 2.45) is 4.99 Å². The fraction of sp³-hybridized carbons (Fsp3) is 0.100. The predicted octanol–water partition coefficient (Wildman–Crippen LogP) is 2.36. The zero-order valence-electron chi connectivity index (χ0n) is 8.49. The van der Waals surface area contributed by atoms with Crippen molar-refractivity contribution in [2.75, 3.05) is 0 Å². The molecule has 0 aliphatic carbocycles. The quantitative estimate of drug-likeness (QED) is 0.620. The summed E-state index contributed by atoms with van der Waals surface area (Å²) in [6, 6.07) is 8.00. The molecule has 0 aromatic heterocycles. The van der Waals surface area contributed by atoms with Crippen LogP contribution in [0.1, 0.15) is 0 Å². The topological polar surface area (TPSA) is 49.7 Å². The number of benzene rings is 1. The minimum Gasteiger partial charge on any atom is -0.247 e. The molecular weight excluding hydrogens is 283 g/mol. The molecule has 1 unspecified atom stereocenters. The van der Waals surface area contributed by atoms with Gasteiger partial charge in [0.15, 0.2) is 5.50 Å².